The number of nitrogens with zero attached hydrogens (tertiary/aromatic N) is 4. The van der Waals surface area contributed by atoms with Crippen LogP contribution in [0.5, 0.6) is 0 Å². The van der Waals surface area contributed by atoms with Gasteiger partial charge in [0.05, 0.1) is 11.8 Å². The molecule has 148 valence electrons. The first-order valence-electron chi connectivity index (χ1n) is 8.66. The van der Waals surface area contributed by atoms with Crippen LogP contribution in [0.2, 0.25) is 0 Å². The fourth-order valence-electron chi connectivity index (χ4n) is 3.29. The van der Waals surface area contributed by atoms with Gasteiger partial charge in [0.2, 0.25) is 6.23 Å². The van der Waals surface area contributed by atoms with Crippen molar-refractivity contribution in [3.05, 3.63) is 84.1 Å². The van der Waals surface area contributed by atoms with Crippen LogP contribution < -0.4 is 9.47 Å². The first-order chi connectivity index (χ1) is 13.9. The van der Waals surface area contributed by atoms with Crippen molar-refractivity contribution in [3.8, 4) is 0 Å². The van der Waals surface area contributed by atoms with E-state index in [2.05, 4.69) is 9.97 Å². The van der Waals surface area contributed by atoms with Crippen molar-refractivity contribution < 1.29 is 28.0 Å². The number of halogens is 3. The molecule has 0 amide bonds. The first-order valence-corrected chi connectivity index (χ1v) is 8.66. The molecule has 2 N–H and O–H groups in total. The van der Waals surface area contributed by atoms with Crippen LogP contribution in [0.15, 0.2) is 67.4 Å². The van der Waals surface area contributed by atoms with Gasteiger partial charge in [-0.25, -0.2) is 14.9 Å². The van der Waals surface area contributed by atoms with Crippen LogP contribution in [0.1, 0.15) is 16.7 Å². The number of hydrogen-bond acceptors (Lipinski definition) is 5. The average molecular weight is 401 g/mol. The van der Waals surface area contributed by atoms with Crippen LogP contribution in [0.4, 0.5) is 19.0 Å². The third-order valence-corrected chi connectivity index (χ3v) is 4.62. The third kappa shape index (κ3) is 3.52. The topological polar surface area (TPSA) is 73.4 Å². The monoisotopic (exact) mass is 401 g/mol. The molecule has 1 atom stereocenters. The molecule has 3 heterocycles. The number of alkyl halides is 3. The van der Waals surface area contributed by atoms with Gasteiger partial charge in [-0.3, -0.25) is 0 Å². The highest BCUT2D eigenvalue weighted by Crippen LogP contribution is 2.35. The zero-order valence-electron chi connectivity index (χ0n) is 15.0. The zero-order valence-corrected chi connectivity index (χ0v) is 15.0. The summed E-state index contributed by atoms with van der Waals surface area (Å²) in [6.07, 6.45) is 0.167. The maximum Gasteiger partial charge on any atom is 0.416 e. The molecule has 4 rings (SSSR count). The summed E-state index contributed by atoms with van der Waals surface area (Å²) in [7, 11) is 0. The van der Waals surface area contributed by atoms with Crippen LogP contribution in [-0.4, -0.2) is 26.4 Å². The van der Waals surface area contributed by atoms with Gasteiger partial charge in [-0.2, -0.15) is 17.7 Å². The molecule has 9 heteroatoms. The molecule has 0 fully saturated rings. The van der Waals surface area contributed by atoms with E-state index in [-0.39, 0.29) is 23.6 Å². The Labute approximate surface area is 163 Å². The smallest absolute Gasteiger partial charge is 0.416 e. The Balaban J connectivity index is 1.84. The molecule has 1 unspecified atom stereocenters. The summed E-state index contributed by atoms with van der Waals surface area (Å²) < 4.78 is 40.9. The molecule has 6 nitrogen and oxygen atoms in total. The van der Waals surface area contributed by atoms with Gasteiger partial charge in [-0.15, -0.1) is 0 Å². The molecular weight excluding hydrogens is 385 g/mol. The lowest BCUT2D eigenvalue weighted by Crippen LogP contribution is -2.51. The fraction of sp³-hybridized carbons (Fsp3) is 0.150. The normalized spacial score (nSPS) is 16.7. The highest BCUT2D eigenvalue weighted by Gasteiger charge is 2.41. The van der Waals surface area contributed by atoms with Gasteiger partial charge in [0.1, 0.15) is 18.4 Å². The Morgan fingerprint density at radius 2 is 1.83 bits per heavy atom. The summed E-state index contributed by atoms with van der Waals surface area (Å²) in [5.41, 5.74) is -0.140. The van der Waals surface area contributed by atoms with Crippen molar-refractivity contribution >= 4 is 17.3 Å². The van der Waals surface area contributed by atoms with Gasteiger partial charge in [-0.1, -0.05) is 18.2 Å². The number of fused-ring (bicyclic) bond motifs is 1. The quantitative estimate of drug-likeness (QED) is 0.660. The Bertz CT molecular complexity index is 1070. The Kier molecular flexibility index (Phi) is 4.67. The van der Waals surface area contributed by atoms with E-state index in [1.165, 1.54) is 23.0 Å². The van der Waals surface area contributed by atoms with E-state index in [9.17, 15) is 23.4 Å². The predicted octanol–water partition coefficient (Wildman–Crippen LogP) is 3.01. The fourth-order valence-corrected chi connectivity index (χ4v) is 3.29. The SMILES string of the molecule is OC1=C(c2cccc(C(F)(F)F)c2)C(O)N(Cc2cncnc2)c2cccc[n+]21. The minimum absolute atomic E-state index is 0.0309. The highest BCUT2D eigenvalue weighted by atomic mass is 19.4. The van der Waals surface area contributed by atoms with Gasteiger partial charge in [0.25, 0.3) is 11.7 Å². The first kappa shape index (κ1) is 18.9. The Morgan fingerprint density at radius 1 is 1.07 bits per heavy atom. The third-order valence-electron chi connectivity index (χ3n) is 4.62. The summed E-state index contributed by atoms with van der Waals surface area (Å²) >= 11 is 0. The van der Waals surface area contributed by atoms with Crippen molar-refractivity contribution in [2.24, 2.45) is 0 Å². The molecule has 1 aromatic carbocycles. The van der Waals surface area contributed by atoms with Crippen molar-refractivity contribution in [2.45, 2.75) is 18.9 Å². The van der Waals surface area contributed by atoms with Crippen LogP contribution in [0, 0.1) is 0 Å². The number of aromatic nitrogens is 3. The van der Waals surface area contributed by atoms with E-state index in [1.807, 2.05) is 0 Å². The van der Waals surface area contributed by atoms with E-state index >= 15 is 0 Å². The number of aliphatic hydroxyl groups excluding tert-OH is 2. The van der Waals surface area contributed by atoms with Crippen molar-refractivity contribution in [2.75, 3.05) is 4.90 Å². The minimum atomic E-state index is -4.54. The van der Waals surface area contributed by atoms with E-state index in [1.54, 1.807) is 41.7 Å². The van der Waals surface area contributed by atoms with Crippen LogP contribution in [-0.2, 0) is 12.7 Å². The second-order valence-electron chi connectivity index (χ2n) is 6.49. The summed E-state index contributed by atoms with van der Waals surface area (Å²) in [6, 6.07) is 9.60. The molecule has 0 bridgehead atoms. The van der Waals surface area contributed by atoms with Gasteiger partial charge in [0, 0.05) is 24.0 Å². The lowest BCUT2D eigenvalue weighted by atomic mass is 9.99. The van der Waals surface area contributed by atoms with Gasteiger partial charge >= 0.3 is 6.18 Å². The number of benzene rings is 1. The van der Waals surface area contributed by atoms with Crippen molar-refractivity contribution in [1.82, 2.24) is 9.97 Å². The van der Waals surface area contributed by atoms with Crippen LogP contribution >= 0.6 is 0 Å². The maximum absolute atomic E-state index is 13.2. The Morgan fingerprint density at radius 3 is 2.55 bits per heavy atom. The lowest BCUT2D eigenvalue weighted by Gasteiger charge is -2.30. The summed E-state index contributed by atoms with van der Waals surface area (Å²) in [4.78, 5) is 9.45. The van der Waals surface area contributed by atoms with E-state index in [0.29, 0.717) is 11.4 Å². The Hall–Kier alpha value is -3.46. The summed E-state index contributed by atoms with van der Waals surface area (Å²) in [5, 5.41) is 21.8. The standard InChI is InChI=1S/C20H15F3N4O2/c21-20(22,23)15-5-3-4-14(8-15)17-18(28)26-7-2-1-6-16(26)27(19(17)29)11-13-9-24-12-25-10-13/h1-10,12,19,29H,11H2/p+1. The van der Waals surface area contributed by atoms with E-state index in [4.69, 9.17) is 0 Å². The van der Waals surface area contributed by atoms with Gasteiger partial charge in [0.15, 0.2) is 0 Å². The van der Waals surface area contributed by atoms with Crippen LogP contribution in [0.3, 0.4) is 0 Å². The molecule has 0 aliphatic carbocycles. The second kappa shape index (κ2) is 7.17. The van der Waals surface area contributed by atoms with Gasteiger partial charge < -0.3 is 10.2 Å². The summed E-state index contributed by atoms with van der Waals surface area (Å²) in [5.74, 6) is 0.130. The van der Waals surface area contributed by atoms with Crippen LogP contribution in [0.25, 0.3) is 11.5 Å². The lowest BCUT2D eigenvalue weighted by molar-refractivity contribution is -0.588. The molecule has 2 aromatic heterocycles. The zero-order chi connectivity index (χ0) is 20.6. The van der Waals surface area contributed by atoms with E-state index < -0.39 is 18.0 Å². The molecule has 3 aromatic rings. The second-order valence-corrected chi connectivity index (χ2v) is 6.49. The van der Waals surface area contributed by atoms with Gasteiger partial charge in [-0.05, 0) is 23.8 Å². The minimum Gasteiger partial charge on any atom is -0.477 e. The largest absolute Gasteiger partial charge is 0.477 e. The molecule has 1 aliphatic rings. The predicted molar refractivity (Wildman–Crippen MR) is 98.0 cm³/mol. The maximum atomic E-state index is 13.2. The number of pyridine rings is 1. The number of hydrogen-bond donors (Lipinski definition) is 2. The molecule has 1 aliphatic heterocycles. The highest BCUT2D eigenvalue weighted by molar-refractivity contribution is 5.83. The molecule has 0 saturated carbocycles. The average Bonchev–Trinajstić information content (AvgIpc) is 2.72. The number of anilines is 1. The molecule has 0 saturated heterocycles. The molecule has 0 spiro atoms. The molecule has 0 radical (unpaired) electrons. The number of aliphatic hydroxyl groups is 2. The van der Waals surface area contributed by atoms with Crippen molar-refractivity contribution in [1.29, 1.82) is 0 Å². The molecular formula is C20H16F3N4O2+. The summed E-state index contributed by atoms with van der Waals surface area (Å²) in [6.45, 7) is 0.182. The van der Waals surface area contributed by atoms with E-state index in [0.717, 1.165) is 12.1 Å². The van der Waals surface area contributed by atoms with Crippen molar-refractivity contribution in [3.63, 3.8) is 0 Å². The molecule has 29 heavy (non-hydrogen) atoms. The number of rotatable bonds is 3.